The molecule has 0 bridgehead atoms. The summed E-state index contributed by atoms with van der Waals surface area (Å²) in [4.78, 5) is 2.49. The van der Waals surface area contributed by atoms with Crippen molar-refractivity contribution in [2.24, 2.45) is 0 Å². The van der Waals surface area contributed by atoms with Crippen LogP contribution in [0.3, 0.4) is 0 Å². The van der Waals surface area contributed by atoms with Gasteiger partial charge in [0, 0.05) is 22.2 Å². The molecule has 1 nitrogen and oxygen atoms in total. The third kappa shape index (κ3) is 6.16. The smallest absolute Gasteiger partial charge is 0.0540 e. The van der Waals surface area contributed by atoms with Crippen LogP contribution >= 0.6 is 0 Å². The van der Waals surface area contributed by atoms with E-state index in [1.165, 1.54) is 98.7 Å². The summed E-state index contributed by atoms with van der Waals surface area (Å²) in [5, 5.41) is 9.95. The number of anilines is 3. The van der Waals surface area contributed by atoms with Gasteiger partial charge in [-0.15, -0.1) is 0 Å². The van der Waals surface area contributed by atoms with Gasteiger partial charge in [0.25, 0.3) is 0 Å². The van der Waals surface area contributed by atoms with Crippen molar-refractivity contribution in [3.05, 3.63) is 271 Å². The first-order valence-corrected chi connectivity index (χ1v) is 23.3. The highest BCUT2D eigenvalue weighted by Gasteiger charge is 2.41. The monoisotopic (exact) mass is 851 g/mol. The number of rotatable bonds is 7. The highest BCUT2D eigenvalue weighted by molar-refractivity contribution is 6.22. The minimum absolute atomic E-state index is 0.283. The van der Waals surface area contributed by atoms with E-state index in [1.807, 2.05) is 0 Å². The average molecular weight is 852 g/mol. The normalized spacial score (nSPS) is 14.1. The Morgan fingerprint density at radius 1 is 0.299 bits per heavy atom. The van der Waals surface area contributed by atoms with Crippen LogP contribution in [-0.2, 0) is 5.41 Å². The molecule has 0 saturated carbocycles. The number of benzene rings is 12. The van der Waals surface area contributed by atoms with Crippen molar-refractivity contribution in [1.82, 2.24) is 0 Å². The maximum absolute atomic E-state index is 2.49. The molecule has 12 aromatic carbocycles. The van der Waals surface area contributed by atoms with Crippen LogP contribution in [0, 0.1) is 0 Å². The van der Waals surface area contributed by atoms with Crippen LogP contribution in [0.1, 0.15) is 23.6 Å². The second-order valence-electron chi connectivity index (χ2n) is 18.1. The lowest BCUT2D eigenvalue weighted by Crippen LogP contribution is -2.22. The first kappa shape index (κ1) is 38.9. The molecule has 0 N–H and O–H groups in total. The molecule has 13 rings (SSSR count). The first-order chi connectivity index (χ1) is 33.1. The molecule has 1 aliphatic carbocycles. The van der Waals surface area contributed by atoms with E-state index in [9.17, 15) is 0 Å². The summed E-state index contributed by atoms with van der Waals surface area (Å²) < 4.78 is 0. The van der Waals surface area contributed by atoms with Crippen molar-refractivity contribution in [3.8, 4) is 44.5 Å². The lowest BCUT2D eigenvalue weighted by molar-refractivity contribution is 0.714. The predicted molar refractivity (Wildman–Crippen MR) is 285 cm³/mol. The SMILES string of the molecule is CC1(c2ccccc2)c2ccccc2-c2cc(N(c3cccc(-c4ccc5c(c4)c(-c4ccccc4)c(-c4ccccc4)c4ccccc45)c3)c3cccc4c3ccc3ccccc34)ccc21. The third-order valence-corrected chi connectivity index (χ3v) is 14.5. The second kappa shape index (κ2) is 15.6. The number of hydrogen-bond acceptors (Lipinski definition) is 1. The lowest BCUT2D eigenvalue weighted by Gasteiger charge is -2.30. The Morgan fingerprint density at radius 2 is 0.836 bits per heavy atom. The standard InChI is InChI=1S/C66H45N/c1-66(49-25-9-4-10-26-49)61-33-16-15-30-56(61)59-43-51(37-40-62(59)66)67(63-34-18-32-53-52-28-12-11-19-44(52)35-39-57(53)63)50-27-17-24-47(41-50)48-36-38-55-54-29-13-14-31-58(54)64(45-20-5-2-6-21-45)65(60(55)42-48)46-22-7-3-8-23-46/h2-43H,1H3. The Bertz CT molecular complexity index is 3870. The van der Waals surface area contributed by atoms with Gasteiger partial charge in [-0.25, -0.2) is 0 Å². The zero-order valence-corrected chi connectivity index (χ0v) is 37.2. The third-order valence-electron chi connectivity index (χ3n) is 14.5. The van der Waals surface area contributed by atoms with Gasteiger partial charge in [-0.1, -0.05) is 218 Å². The molecule has 0 heterocycles. The molecule has 1 atom stereocenters. The molecule has 1 unspecified atom stereocenters. The van der Waals surface area contributed by atoms with Gasteiger partial charge < -0.3 is 4.90 Å². The van der Waals surface area contributed by atoms with Crippen molar-refractivity contribution in [1.29, 1.82) is 0 Å². The molecule has 67 heavy (non-hydrogen) atoms. The highest BCUT2D eigenvalue weighted by Crippen LogP contribution is 2.54. The van der Waals surface area contributed by atoms with E-state index in [1.54, 1.807) is 0 Å². The van der Waals surface area contributed by atoms with Gasteiger partial charge >= 0.3 is 0 Å². The Hall–Kier alpha value is -8.52. The largest absolute Gasteiger partial charge is 0.310 e. The summed E-state index contributed by atoms with van der Waals surface area (Å²) in [6, 6.07) is 94.2. The van der Waals surface area contributed by atoms with E-state index in [4.69, 9.17) is 0 Å². The topological polar surface area (TPSA) is 3.24 Å². The van der Waals surface area contributed by atoms with E-state index in [0.717, 1.165) is 22.6 Å². The van der Waals surface area contributed by atoms with Crippen molar-refractivity contribution >= 4 is 60.2 Å². The molecule has 12 aromatic rings. The molecular formula is C66H45N. The summed E-state index contributed by atoms with van der Waals surface area (Å²) >= 11 is 0. The quantitative estimate of drug-likeness (QED) is 0.144. The maximum Gasteiger partial charge on any atom is 0.0540 e. The van der Waals surface area contributed by atoms with Crippen molar-refractivity contribution in [2.75, 3.05) is 4.90 Å². The molecule has 0 spiro atoms. The first-order valence-electron chi connectivity index (χ1n) is 23.3. The zero-order valence-electron chi connectivity index (χ0n) is 37.2. The fraction of sp³-hybridized carbons (Fsp3) is 0.0303. The molecule has 0 aliphatic heterocycles. The van der Waals surface area contributed by atoms with E-state index < -0.39 is 0 Å². The summed E-state index contributed by atoms with van der Waals surface area (Å²) in [6.45, 7) is 2.39. The van der Waals surface area contributed by atoms with Crippen molar-refractivity contribution < 1.29 is 0 Å². The maximum atomic E-state index is 2.49. The van der Waals surface area contributed by atoms with Crippen LogP contribution in [0.4, 0.5) is 17.1 Å². The van der Waals surface area contributed by atoms with Crippen LogP contribution in [0.2, 0.25) is 0 Å². The van der Waals surface area contributed by atoms with Gasteiger partial charge in [-0.2, -0.15) is 0 Å². The van der Waals surface area contributed by atoms with Crippen molar-refractivity contribution in [2.45, 2.75) is 12.3 Å². The minimum Gasteiger partial charge on any atom is -0.310 e. The Labute approximate surface area is 391 Å². The lowest BCUT2D eigenvalue weighted by atomic mass is 9.74. The van der Waals surface area contributed by atoms with Crippen LogP contribution in [0.25, 0.3) is 87.6 Å². The van der Waals surface area contributed by atoms with Crippen molar-refractivity contribution in [3.63, 3.8) is 0 Å². The second-order valence-corrected chi connectivity index (χ2v) is 18.1. The Kier molecular flexibility index (Phi) is 9.05. The summed E-state index contributed by atoms with van der Waals surface area (Å²) in [5.74, 6) is 0. The fourth-order valence-corrected chi connectivity index (χ4v) is 11.4. The summed E-state index contributed by atoms with van der Waals surface area (Å²) in [6.07, 6.45) is 0. The van der Waals surface area contributed by atoms with Crippen LogP contribution < -0.4 is 4.90 Å². The zero-order chi connectivity index (χ0) is 44.5. The summed E-state index contributed by atoms with van der Waals surface area (Å²) in [5.41, 5.74) is 16.9. The van der Waals surface area contributed by atoms with Crippen LogP contribution in [0.5, 0.6) is 0 Å². The molecule has 0 aromatic heterocycles. The Morgan fingerprint density at radius 3 is 1.63 bits per heavy atom. The summed E-state index contributed by atoms with van der Waals surface area (Å²) in [7, 11) is 0. The average Bonchev–Trinajstić information content (AvgIpc) is 3.66. The predicted octanol–water partition coefficient (Wildman–Crippen LogP) is 18.1. The molecule has 1 aliphatic rings. The minimum atomic E-state index is -0.283. The van der Waals surface area contributed by atoms with Gasteiger partial charge in [0.15, 0.2) is 0 Å². The molecular weight excluding hydrogens is 807 g/mol. The van der Waals surface area contributed by atoms with E-state index in [2.05, 4.69) is 267 Å². The van der Waals surface area contributed by atoms with E-state index in [-0.39, 0.29) is 5.41 Å². The van der Waals surface area contributed by atoms with Crippen LogP contribution in [0.15, 0.2) is 255 Å². The van der Waals surface area contributed by atoms with E-state index in [0.29, 0.717) is 0 Å². The van der Waals surface area contributed by atoms with Gasteiger partial charge in [0.05, 0.1) is 5.69 Å². The van der Waals surface area contributed by atoms with Gasteiger partial charge in [-0.05, 0) is 142 Å². The molecule has 0 saturated heterocycles. The van der Waals surface area contributed by atoms with E-state index >= 15 is 0 Å². The molecule has 0 amide bonds. The molecule has 1 heteroatoms. The van der Waals surface area contributed by atoms with Crippen LogP contribution in [-0.4, -0.2) is 0 Å². The van der Waals surface area contributed by atoms with Gasteiger partial charge in [-0.3, -0.25) is 0 Å². The molecule has 0 radical (unpaired) electrons. The highest BCUT2D eigenvalue weighted by atomic mass is 15.1. The fourth-order valence-electron chi connectivity index (χ4n) is 11.4. The number of nitrogens with zero attached hydrogens (tertiary/aromatic N) is 1. The van der Waals surface area contributed by atoms with Gasteiger partial charge in [0.1, 0.15) is 0 Å². The Balaban J connectivity index is 1.04. The molecule has 314 valence electrons. The number of hydrogen-bond donors (Lipinski definition) is 0. The van der Waals surface area contributed by atoms with Gasteiger partial charge in [0.2, 0.25) is 0 Å². The number of fused-ring (bicyclic) bond motifs is 9. The molecule has 0 fully saturated rings.